The summed E-state index contributed by atoms with van der Waals surface area (Å²) >= 11 is 0. The number of hydrazine groups is 1. The Hall–Kier alpha value is -1.10. The lowest BCUT2D eigenvalue weighted by Gasteiger charge is -2.56. The molecule has 5 nitrogen and oxygen atoms in total. The molecule has 0 atom stereocenters. The number of nitrogens with zero attached hydrogens (tertiary/aromatic N) is 2. The largest absolute Gasteiger partial charge is 0.407 e. The van der Waals surface area contributed by atoms with Crippen molar-refractivity contribution in [2.45, 2.75) is 44.9 Å². The first kappa shape index (κ1) is 10.8. The Bertz CT molecular complexity index is 420. The van der Waals surface area contributed by atoms with E-state index < -0.39 is 0 Å². The molecule has 0 unspecified atom stereocenters. The average molecular weight is 248 g/mol. The highest BCUT2D eigenvalue weighted by Gasteiger charge is 2.51. The van der Waals surface area contributed by atoms with Gasteiger partial charge in [-0.1, -0.05) is 5.10 Å². The van der Waals surface area contributed by atoms with E-state index in [-0.39, 0.29) is 0 Å². The van der Waals surface area contributed by atoms with Crippen LogP contribution >= 0.6 is 0 Å². The summed E-state index contributed by atoms with van der Waals surface area (Å²) in [5.74, 6) is 8.92. The van der Waals surface area contributed by atoms with Crippen LogP contribution in [0.25, 0.3) is 0 Å². The molecule has 4 aliphatic carbocycles. The Balaban J connectivity index is 1.56. The van der Waals surface area contributed by atoms with Crippen LogP contribution in [0.4, 0.5) is 6.01 Å². The minimum atomic E-state index is 0.328. The van der Waals surface area contributed by atoms with Crippen LogP contribution < -0.4 is 11.3 Å². The Morgan fingerprint density at radius 2 is 1.72 bits per heavy atom. The van der Waals surface area contributed by atoms with Gasteiger partial charge in [0.25, 0.3) is 0 Å². The van der Waals surface area contributed by atoms with Crippen molar-refractivity contribution >= 4 is 6.01 Å². The fourth-order valence-electron chi connectivity index (χ4n) is 5.21. The summed E-state index contributed by atoms with van der Waals surface area (Å²) in [7, 11) is 0. The Kier molecular flexibility index (Phi) is 2.22. The van der Waals surface area contributed by atoms with Gasteiger partial charge in [-0.05, 0) is 61.7 Å². The van der Waals surface area contributed by atoms with Crippen LogP contribution in [0.3, 0.4) is 0 Å². The zero-order valence-corrected chi connectivity index (χ0v) is 10.6. The summed E-state index contributed by atoms with van der Waals surface area (Å²) in [5.41, 5.74) is 2.87. The predicted octanol–water partition coefficient (Wildman–Crippen LogP) is 2.11. The summed E-state index contributed by atoms with van der Waals surface area (Å²) in [6.45, 7) is 0. The molecule has 3 N–H and O–H groups in total. The molecule has 4 saturated carbocycles. The van der Waals surface area contributed by atoms with Crippen LogP contribution in [0.15, 0.2) is 4.42 Å². The van der Waals surface area contributed by atoms with Gasteiger partial charge in [-0.15, -0.1) is 5.10 Å². The highest BCUT2D eigenvalue weighted by molar-refractivity contribution is 5.14. The topological polar surface area (TPSA) is 77.0 Å². The summed E-state index contributed by atoms with van der Waals surface area (Å²) in [5, 5.41) is 7.98. The van der Waals surface area contributed by atoms with E-state index in [1.165, 1.54) is 38.5 Å². The van der Waals surface area contributed by atoms with Crippen LogP contribution in [0.2, 0.25) is 0 Å². The molecule has 0 amide bonds. The van der Waals surface area contributed by atoms with Gasteiger partial charge in [0.2, 0.25) is 5.89 Å². The van der Waals surface area contributed by atoms with Crippen LogP contribution in [-0.4, -0.2) is 10.2 Å². The molecule has 0 aliphatic heterocycles. The van der Waals surface area contributed by atoms with Gasteiger partial charge in [-0.25, -0.2) is 5.84 Å². The van der Waals surface area contributed by atoms with Gasteiger partial charge in [0.05, 0.1) is 0 Å². The minimum Gasteiger partial charge on any atom is -0.407 e. The maximum absolute atomic E-state index is 5.51. The van der Waals surface area contributed by atoms with Gasteiger partial charge in [-0.3, -0.25) is 5.43 Å². The number of aromatic nitrogens is 2. The lowest BCUT2D eigenvalue weighted by atomic mass is 9.49. The first-order valence-corrected chi connectivity index (χ1v) is 7.04. The lowest BCUT2D eigenvalue weighted by Crippen LogP contribution is -2.47. The zero-order valence-electron chi connectivity index (χ0n) is 10.6. The van der Waals surface area contributed by atoms with Crippen molar-refractivity contribution in [1.82, 2.24) is 10.2 Å². The Labute approximate surface area is 106 Å². The van der Waals surface area contributed by atoms with E-state index in [9.17, 15) is 0 Å². The number of hydrogen-bond acceptors (Lipinski definition) is 5. The fraction of sp³-hybridized carbons (Fsp3) is 0.846. The lowest BCUT2D eigenvalue weighted by molar-refractivity contribution is -0.0550. The number of nitrogens with two attached hydrogens (primary N) is 1. The maximum Gasteiger partial charge on any atom is 0.330 e. The van der Waals surface area contributed by atoms with Crippen molar-refractivity contribution in [1.29, 1.82) is 0 Å². The predicted molar refractivity (Wildman–Crippen MR) is 66.4 cm³/mol. The number of nitrogen functional groups attached to an aromatic ring is 1. The van der Waals surface area contributed by atoms with Crippen LogP contribution in [-0.2, 0) is 6.42 Å². The molecule has 4 fully saturated rings. The van der Waals surface area contributed by atoms with E-state index in [1.807, 2.05) is 0 Å². The normalized spacial score (nSPS) is 41.3. The second-order valence-corrected chi connectivity index (χ2v) is 6.74. The molecule has 4 aliphatic rings. The third-order valence-electron chi connectivity index (χ3n) is 5.28. The van der Waals surface area contributed by atoms with E-state index in [2.05, 4.69) is 15.6 Å². The first-order valence-electron chi connectivity index (χ1n) is 7.04. The van der Waals surface area contributed by atoms with Crippen molar-refractivity contribution < 1.29 is 4.42 Å². The summed E-state index contributed by atoms with van der Waals surface area (Å²) < 4.78 is 5.51. The molecule has 1 heterocycles. The molecule has 5 heteroatoms. The van der Waals surface area contributed by atoms with E-state index in [0.29, 0.717) is 11.4 Å². The molecular weight excluding hydrogens is 228 g/mol. The monoisotopic (exact) mass is 248 g/mol. The highest BCUT2D eigenvalue weighted by atomic mass is 16.4. The van der Waals surface area contributed by atoms with Crippen LogP contribution in [0, 0.1) is 23.2 Å². The molecule has 1 aromatic heterocycles. The molecule has 0 radical (unpaired) electrons. The van der Waals surface area contributed by atoms with E-state index >= 15 is 0 Å². The van der Waals surface area contributed by atoms with Crippen LogP contribution in [0.5, 0.6) is 0 Å². The zero-order chi connectivity index (χ0) is 12.2. The highest BCUT2D eigenvalue weighted by Crippen LogP contribution is 2.60. The number of nitrogens with one attached hydrogen (secondary N) is 1. The quantitative estimate of drug-likeness (QED) is 0.633. The summed E-state index contributed by atoms with van der Waals surface area (Å²) in [4.78, 5) is 0. The first-order chi connectivity index (χ1) is 8.75. The second-order valence-electron chi connectivity index (χ2n) is 6.74. The molecule has 4 bridgehead atoms. The second kappa shape index (κ2) is 3.70. The van der Waals surface area contributed by atoms with Crippen molar-refractivity contribution in [2.75, 3.05) is 5.43 Å². The van der Waals surface area contributed by atoms with Crippen molar-refractivity contribution in [2.24, 2.45) is 29.0 Å². The average Bonchev–Trinajstić information content (AvgIpc) is 2.74. The van der Waals surface area contributed by atoms with E-state index in [1.54, 1.807) is 0 Å². The van der Waals surface area contributed by atoms with Gasteiger partial charge in [-0.2, -0.15) is 0 Å². The third-order valence-corrected chi connectivity index (χ3v) is 5.28. The number of rotatable bonds is 3. The molecule has 98 valence electrons. The van der Waals surface area contributed by atoms with Gasteiger partial charge < -0.3 is 4.42 Å². The van der Waals surface area contributed by atoms with Crippen LogP contribution in [0.1, 0.15) is 44.4 Å². The number of hydrogen-bond donors (Lipinski definition) is 2. The summed E-state index contributed by atoms with van der Waals surface area (Å²) in [6.07, 6.45) is 9.47. The Morgan fingerprint density at radius 1 is 1.11 bits per heavy atom. The molecule has 0 aromatic carbocycles. The van der Waals surface area contributed by atoms with Crippen molar-refractivity contribution in [3.05, 3.63) is 5.89 Å². The molecule has 1 aromatic rings. The van der Waals surface area contributed by atoms with Gasteiger partial charge in [0.15, 0.2) is 0 Å². The minimum absolute atomic E-state index is 0.328. The maximum atomic E-state index is 5.51. The molecule has 0 spiro atoms. The molecule has 5 rings (SSSR count). The van der Waals surface area contributed by atoms with Crippen molar-refractivity contribution in [3.8, 4) is 0 Å². The van der Waals surface area contributed by atoms with E-state index in [0.717, 1.165) is 30.1 Å². The SMILES string of the molecule is NNc1nnc(CC23CC4CC(CC(C4)C2)C3)o1. The number of anilines is 1. The molecular formula is C13H20N4O. The van der Waals surface area contributed by atoms with Gasteiger partial charge in [0.1, 0.15) is 0 Å². The summed E-state index contributed by atoms with van der Waals surface area (Å²) in [6, 6.07) is 0.328. The van der Waals surface area contributed by atoms with Crippen molar-refractivity contribution in [3.63, 3.8) is 0 Å². The van der Waals surface area contributed by atoms with E-state index in [4.69, 9.17) is 10.3 Å². The van der Waals surface area contributed by atoms with Gasteiger partial charge >= 0.3 is 6.01 Å². The Morgan fingerprint density at radius 3 is 2.22 bits per heavy atom. The smallest absolute Gasteiger partial charge is 0.330 e. The standard InChI is InChI=1S/C13H20N4O/c14-15-12-17-16-11(18-12)7-13-4-8-1-9(5-13)3-10(2-8)6-13/h8-10H,1-7,14H2,(H,15,17). The molecule has 0 saturated heterocycles. The molecule has 18 heavy (non-hydrogen) atoms. The third kappa shape index (κ3) is 1.64. The van der Waals surface area contributed by atoms with Gasteiger partial charge in [0, 0.05) is 6.42 Å². The fourth-order valence-corrected chi connectivity index (χ4v) is 5.21.